The molecule has 5 heterocycles. The van der Waals surface area contributed by atoms with Crippen molar-refractivity contribution < 1.29 is 78.2 Å². The van der Waals surface area contributed by atoms with Crippen molar-refractivity contribution in [3.8, 4) is 11.5 Å². The number of cyclic esters (lactones) is 2. The number of aliphatic hydroxyl groups is 2. The Bertz CT molecular complexity index is 2180. The third kappa shape index (κ3) is 19.0. The van der Waals surface area contributed by atoms with Crippen LogP contribution in [0.25, 0.3) is 0 Å². The number of aryl methyl sites for hydroxylation is 2. The molecule has 17 heteroatoms. The molecule has 4 fully saturated rings. The molecule has 0 amide bonds. The molecule has 4 bridgehead atoms. The Balaban J connectivity index is 0.0000106. The largest absolute Gasteiger partial charge is 2.00 e. The number of benzene rings is 2. The second-order valence-electron chi connectivity index (χ2n) is 25.7. The van der Waals surface area contributed by atoms with E-state index in [1.165, 1.54) is 12.1 Å². The fraction of sp³-hybridized carbons (Fsp3) is 0.750. The number of phenolic OH excluding ortho intramolecular Hbond substituents is 2. The van der Waals surface area contributed by atoms with E-state index in [1.54, 1.807) is 39.8 Å². The van der Waals surface area contributed by atoms with Crippen LogP contribution in [0.1, 0.15) is 227 Å². The van der Waals surface area contributed by atoms with Crippen molar-refractivity contribution in [1.29, 1.82) is 0 Å². The Morgan fingerprint density at radius 3 is 1.21 bits per heavy atom. The normalized spacial score (nSPS) is 31.0. The van der Waals surface area contributed by atoms with Crippen LogP contribution in [0, 0.1) is 22.7 Å². The zero-order chi connectivity index (χ0) is 57.7. The number of carboxylic acids is 2. The summed E-state index contributed by atoms with van der Waals surface area (Å²) in [6.45, 7) is 10.7. The molecule has 448 valence electrons. The van der Waals surface area contributed by atoms with Gasteiger partial charge in [0, 0.05) is 12.8 Å². The molecule has 0 spiro atoms. The second-order valence-corrected chi connectivity index (χ2v) is 25.7. The summed E-state index contributed by atoms with van der Waals surface area (Å²) in [5.41, 5.74) is -0.609. The number of fused-ring (bicyclic) bond motifs is 6. The number of aliphatic hydroxyl groups excluding tert-OH is 2. The van der Waals surface area contributed by atoms with Gasteiger partial charge >= 0.3 is 61.6 Å². The van der Waals surface area contributed by atoms with E-state index in [-0.39, 0.29) is 135 Å². The van der Waals surface area contributed by atoms with Gasteiger partial charge in [0.25, 0.3) is 0 Å². The van der Waals surface area contributed by atoms with Crippen molar-refractivity contribution in [3.63, 3.8) is 0 Å². The molecule has 14 atom stereocenters. The van der Waals surface area contributed by atoms with Gasteiger partial charge < -0.3 is 59.1 Å². The third-order valence-electron chi connectivity index (χ3n) is 18.6. The number of phenols is 2. The zero-order valence-corrected chi connectivity index (χ0v) is 51.6. The van der Waals surface area contributed by atoms with E-state index in [4.69, 9.17) is 28.4 Å². The molecule has 16 nitrogen and oxygen atoms in total. The van der Waals surface area contributed by atoms with Crippen molar-refractivity contribution >= 4 is 61.6 Å². The maximum Gasteiger partial charge on any atom is 2.00 e. The van der Waals surface area contributed by atoms with Gasteiger partial charge in [0.05, 0.1) is 71.9 Å². The van der Waals surface area contributed by atoms with E-state index in [0.717, 1.165) is 64.2 Å². The summed E-state index contributed by atoms with van der Waals surface area (Å²) >= 11 is 0. The molecule has 4 saturated heterocycles. The molecule has 0 aliphatic carbocycles. The first-order chi connectivity index (χ1) is 38.1. The summed E-state index contributed by atoms with van der Waals surface area (Å²) in [5, 5.41) is 65.8. The predicted octanol–water partition coefficient (Wildman–Crippen LogP) is 11.2. The zero-order valence-electron chi connectivity index (χ0n) is 49.4. The van der Waals surface area contributed by atoms with E-state index in [9.17, 15) is 49.8 Å². The van der Waals surface area contributed by atoms with Crippen molar-refractivity contribution in [2.75, 3.05) is 0 Å². The van der Waals surface area contributed by atoms with Gasteiger partial charge in [-0.15, -0.1) is 0 Å². The van der Waals surface area contributed by atoms with Crippen LogP contribution in [-0.2, 0) is 50.9 Å². The average molecular weight is 1160 g/mol. The SMILES string of the molecule is C[C@H]1CC[C@H]2CCC[C@@H](CCCc3cccc(O)c3C(=O)O[C@H](C[C@@H](O)C[C@@H]3CCC[C@H](C(C)(C)C(=O)O)O3)[C@@H](C)CC[C@@H]3CCC[C@H](CCCc4cccc(O)c4C(=O)O[C@@H]1C[C@@H](O)C[C@@H]1CCC[C@H](C(C)(C)C(=O)O)O1)O3)O2.[Ca+2]. The number of esters is 2. The van der Waals surface area contributed by atoms with Gasteiger partial charge in [0.2, 0.25) is 0 Å². The van der Waals surface area contributed by atoms with E-state index in [2.05, 4.69) is 0 Å². The molecule has 5 aliphatic rings. The van der Waals surface area contributed by atoms with Gasteiger partial charge in [-0.1, -0.05) is 38.1 Å². The van der Waals surface area contributed by atoms with Gasteiger partial charge in [-0.25, -0.2) is 9.59 Å². The van der Waals surface area contributed by atoms with Crippen molar-refractivity contribution in [1.82, 2.24) is 0 Å². The van der Waals surface area contributed by atoms with Gasteiger partial charge in [-0.3, -0.25) is 9.59 Å². The smallest absolute Gasteiger partial charge is 0.507 e. The van der Waals surface area contributed by atoms with E-state index in [1.807, 2.05) is 26.0 Å². The summed E-state index contributed by atoms with van der Waals surface area (Å²) in [4.78, 5) is 53.1. The Hall–Kier alpha value is -3.06. The predicted molar refractivity (Wildman–Crippen MR) is 306 cm³/mol. The first-order valence-electron chi connectivity index (χ1n) is 30.6. The summed E-state index contributed by atoms with van der Waals surface area (Å²) in [7, 11) is 0. The Morgan fingerprint density at radius 1 is 0.494 bits per heavy atom. The molecular formula is C64H96CaO16+2. The minimum absolute atomic E-state index is 0. The average Bonchev–Trinajstić information content (AvgIpc) is 3.42. The molecule has 5 aliphatic heterocycles. The summed E-state index contributed by atoms with van der Waals surface area (Å²) in [6, 6.07) is 10.2. The van der Waals surface area contributed by atoms with E-state index >= 15 is 0 Å². The van der Waals surface area contributed by atoms with Crippen LogP contribution >= 0.6 is 0 Å². The van der Waals surface area contributed by atoms with Crippen molar-refractivity contribution in [3.05, 3.63) is 58.7 Å². The molecule has 2 aromatic rings. The number of carbonyl (C=O) groups is 4. The van der Waals surface area contributed by atoms with Crippen LogP contribution in [0.15, 0.2) is 36.4 Å². The van der Waals surface area contributed by atoms with Gasteiger partial charge in [0.1, 0.15) is 34.8 Å². The molecule has 2 aromatic carbocycles. The fourth-order valence-corrected chi connectivity index (χ4v) is 13.2. The number of aliphatic carboxylic acids is 2. The maximum atomic E-state index is 14.4. The first-order valence-corrected chi connectivity index (χ1v) is 30.6. The molecule has 0 radical (unpaired) electrons. The number of hydrogen-bond donors (Lipinski definition) is 6. The van der Waals surface area contributed by atoms with Gasteiger partial charge in [-0.2, -0.15) is 0 Å². The van der Waals surface area contributed by atoms with Gasteiger partial charge in [0.15, 0.2) is 0 Å². The summed E-state index contributed by atoms with van der Waals surface area (Å²) < 4.78 is 38.9. The number of carboxylic acid groups (broad SMARTS) is 2. The van der Waals surface area contributed by atoms with Crippen molar-refractivity contribution in [2.24, 2.45) is 22.7 Å². The Kier molecular flexibility index (Phi) is 26.0. The molecule has 0 saturated carbocycles. The topological polar surface area (TPSA) is 245 Å². The number of aromatic hydroxyl groups is 2. The Labute approximate surface area is 511 Å². The molecule has 7 rings (SSSR count). The molecule has 0 aromatic heterocycles. The van der Waals surface area contributed by atoms with Crippen LogP contribution < -0.4 is 0 Å². The summed E-state index contributed by atoms with van der Waals surface area (Å²) in [5.74, 6) is -3.90. The number of carbonyl (C=O) groups excluding carboxylic acids is 2. The van der Waals surface area contributed by atoms with Crippen LogP contribution in [0.5, 0.6) is 11.5 Å². The Morgan fingerprint density at radius 2 is 0.840 bits per heavy atom. The maximum absolute atomic E-state index is 14.4. The van der Waals surface area contributed by atoms with Gasteiger partial charge in [-0.05, 0) is 217 Å². The summed E-state index contributed by atoms with van der Waals surface area (Å²) in [6.07, 6.45) is 11.7. The van der Waals surface area contributed by atoms with E-state index < -0.39 is 71.3 Å². The number of ether oxygens (including phenoxy) is 6. The minimum Gasteiger partial charge on any atom is -0.507 e. The number of rotatable bonds is 12. The molecule has 81 heavy (non-hydrogen) atoms. The fourth-order valence-electron chi connectivity index (χ4n) is 13.2. The monoisotopic (exact) mass is 1160 g/mol. The third-order valence-corrected chi connectivity index (χ3v) is 18.6. The quantitative estimate of drug-likeness (QED) is 0.0855. The first kappa shape index (κ1) is 67.1. The standard InChI is InChI=1S/C64H96O16.Ca/c1-39-31-33-47-23-11-21-45(75-47)19-8-16-42-18-10-28-52(68)58(42)60(70)80-54(38-44(66)36-50-26-14-30-56(78-50)64(5,6)62(73)74)40(2)32-34-48-24-12-22-46(76-48)20-7-15-41-17-9-27-51(67)57(41)59(69)79-53(39)37-43(65)35-49-25-13-29-55(77-49)63(3,4)61(71)72;/h9-10,17-18,27-28,39-40,43-50,53-56,65-68H,7-8,11-16,19-26,29-38H2,1-6H3,(H,71,72)(H,73,74);/q;+2/t39-,40-,43-,44-,45-,46+,47-,48+,49-,50-,53+,54+,55+,56+;/m0./s1. The van der Waals surface area contributed by atoms with Crippen LogP contribution in [-0.4, -0.2) is 166 Å². The van der Waals surface area contributed by atoms with Crippen LogP contribution in [0.4, 0.5) is 0 Å². The minimum atomic E-state index is -1.09. The molecule has 0 unspecified atom stereocenters. The van der Waals surface area contributed by atoms with Crippen LogP contribution in [0.3, 0.4) is 0 Å². The van der Waals surface area contributed by atoms with E-state index in [0.29, 0.717) is 88.2 Å². The second kappa shape index (κ2) is 31.4. The number of hydrogen-bond acceptors (Lipinski definition) is 14. The molecular weight excluding hydrogens is 1060 g/mol. The van der Waals surface area contributed by atoms with Crippen molar-refractivity contribution in [2.45, 2.75) is 282 Å². The van der Waals surface area contributed by atoms with Crippen LogP contribution in [0.2, 0.25) is 0 Å². The molecule has 6 N–H and O–H groups in total.